The summed E-state index contributed by atoms with van der Waals surface area (Å²) in [5, 5.41) is 12.7. The zero-order valence-corrected chi connectivity index (χ0v) is 45.0. The number of fused-ring (bicyclic) bond motifs is 1. The van der Waals surface area contributed by atoms with Gasteiger partial charge in [0.25, 0.3) is 8.32 Å². The predicted octanol–water partition coefficient (Wildman–Crippen LogP) is 8.62. The lowest BCUT2D eigenvalue weighted by Gasteiger charge is -2.43. The van der Waals surface area contributed by atoms with Crippen LogP contribution in [-0.4, -0.2) is 113 Å². The van der Waals surface area contributed by atoms with Crippen molar-refractivity contribution in [3.63, 3.8) is 0 Å². The van der Waals surface area contributed by atoms with E-state index in [-0.39, 0.29) is 44.7 Å². The smallest absolute Gasteiger partial charge is 0.261 e. The minimum absolute atomic E-state index is 0.105. The second kappa shape index (κ2) is 24.8. The van der Waals surface area contributed by atoms with Gasteiger partial charge in [-0.25, -0.2) is 0 Å². The highest BCUT2D eigenvalue weighted by Crippen LogP contribution is 2.43. The maximum Gasteiger partial charge on any atom is 0.261 e. The van der Waals surface area contributed by atoms with Crippen LogP contribution in [0, 0.1) is 0 Å². The molecular formula is C62H72O13Si. The highest BCUT2D eigenvalue weighted by atomic mass is 28.4. The molecule has 6 aromatic rings. The van der Waals surface area contributed by atoms with Gasteiger partial charge in [0.1, 0.15) is 54.9 Å². The van der Waals surface area contributed by atoms with Gasteiger partial charge in [-0.1, -0.05) is 203 Å². The Morgan fingerprint density at radius 3 is 1.34 bits per heavy atom. The van der Waals surface area contributed by atoms with Gasteiger partial charge in [0, 0.05) is 0 Å². The Morgan fingerprint density at radius 2 is 0.868 bits per heavy atom. The van der Waals surface area contributed by atoms with E-state index >= 15 is 0 Å². The van der Waals surface area contributed by atoms with E-state index in [1.807, 2.05) is 147 Å². The summed E-state index contributed by atoms with van der Waals surface area (Å²) in [6, 6.07) is 61.1. The van der Waals surface area contributed by atoms with Crippen LogP contribution in [0.2, 0.25) is 5.04 Å². The largest absolute Gasteiger partial charge is 0.405 e. The molecule has 0 amide bonds. The van der Waals surface area contributed by atoms with Gasteiger partial charge >= 0.3 is 0 Å². The predicted molar refractivity (Wildman–Crippen MR) is 288 cm³/mol. The Labute approximate surface area is 448 Å². The van der Waals surface area contributed by atoms with Crippen LogP contribution < -0.4 is 10.4 Å². The summed E-state index contributed by atoms with van der Waals surface area (Å²) >= 11 is 0. The molecule has 4 aliphatic heterocycles. The molecule has 0 aromatic heterocycles. The number of hydrogen-bond acceptors (Lipinski definition) is 13. The summed E-state index contributed by atoms with van der Waals surface area (Å²) in [6.07, 6.45) is -9.96. The van der Waals surface area contributed by atoms with Crippen molar-refractivity contribution in [2.24, 2.45) is 0 Å². The molecule has 4 saturated heterocycles. The van der Waals surface area contributed by atoms with E-state index in [9.17, 15) is 5.11 Å². The Morgan fingerprint density at radius 1 is 0.461 bits per heavy atom. The number of benzene rings is 6. The minimum Gasteiger partial charge on any atom is -0.405 e. The van der Waals surface area contributed by atoms with E-state index in [0.29, 0.717) is 6.61 Å². The second-order valence-corrected chi connectivity index (χ2v) is 25.7. The van der Waals surface area contributed by atoms with Gasteiger partial charge in [-0.3, -0.25) is 0 Å². The fourth-order valence-corrected chi connectivity index (χ4v) is 15.5. The Bertz CT molecular complexity index is 2630. The Hall–Kier alpha value is -4.98. The maximum atomic E-state index is 10.8. The van der Waals surface area contributed by atoms with Crippen LogP contribution in [0.5, 0.6) is 0 Å². The molecule has 0 bridgehead atoms. The third kappa shape index (κ3) is 12.6. The van der Waals surface area contributed by atoms with Crippen molar-refractivity contribution in [2.45, 2.75) is 146 Å². The van der Waals surface area contributed by atoms with E-state index < -0.39 is 87.9 Å². The lowest BCUT2D eigenvalue weighted by molar-refractivity contribution is -0.278. The van der Waals surface area contributed by atoms with E-state index in [0.717, 1.165) is 32.6 Å². The zero-order chi connectivity index (χ0) is 52.5. The molecule has 6 aromatic carbocycles. The third-order valence-corrected chi connectivity index (χ3v) is 19.5. The second-order valence-electron chi connectivity index (χ2n) is 21.4. The Balaban J connectivity index is 1.03. The number of ether oxygens (including phenoxy) is 11. The van der Waals surface area contributed by atoms with Gasteiger partial charge in [0.05, 0.1) is 46.2 Å². The summed E-state index contributed by atoms with van der Waals surface area (Å²) in [7, 11) is -3.13. The van der Waals surface area contributed by atoms with Crippen molar-refractivity contribution in [3.05, 3.63) is 204 Å². The molecule has 76 heavy (non-hydrogen) atoms. The average Bonchev–Trinajstić information content (AvgIpc) is 4.15. The quantitative estimate of drug-likeness (QED) is 0.0616. The minimum atomic E-state index is -3.13. The molecule has 14 heteroatoms. The van der Waals surface area contributed by atoms with Crippen LogP contribution in [0.4, 0.5) is 0 Å². The summed E-state index contributed by atoms with van der Waals surface area (Å²) in [5.41, 5.74) is 3.94. The van der Waals surface area contributed by atoms with Crippen molar-refractivity contribution >= 4 is 18.7 Å². The van der Waals surface area contributed by atoms with Crippen molar-refractivity contribution in [1.82, 2.24) is 0 Å². The van der Waals surface area contributed by atoms with Crippen LogP contribution in [0.25, 0.3) is 0 Å². The first-order valence-corrected chi connectivity index (χ1v) is 28.5. The third-order valence-electron chi connectivity index (χ3n) is 14.5. The number of hydrogen-bond donors (Lipinski definition) is 1. The van der Waals surface area contributed by atoms with Crippen molar-refractivity contribution in [1.29, 1.82) is 0 Å². The molecule has 13 nitrogen and oxygen atoms in total. The van der Waals surface area contributed by atoms with Gasteiger partial charge in [-0.05, 0) is 51.5 Å². The van der Waals surface area contributed by atoms with E-state index in [1.165, 1.54) is 0 Å². The van der Waals surface area contributed by atoms with Crippen molar-refractivity contribution < 1.29 is 61.6 Å². The van der Waals surface area contributed by atoms with Crippen LogP contribution in [-0.2, 0) is 83.0 Å². The normalized spacial score (nSPS) is 28.2. The lowest BCUT2D eigenvalue weighted by Crippen LogP contribution is -2.67. The molecule has 0 unspecified atom stereocenters. The zero-order valence-electron chi connectivity index (χ0n) is 44.0. The molecule has 0 radical (unpaired) electrons. The van der Waals surface area contributed by atoms with Crippen LogP contribution >= 0.6 is 0 Å². The van der Waals surface area contributed by atoms with E-state index in [4.69, 9.17) is 56.5 Å². The molecule has 4 aliphatic rings. The van der Waals surface area contributed by atoms with Crippen molar-refractivity contribution in [3.8, 4) is 0 Å². The van der Waals surface area contributed by atoms with Crippen LogP contribution in [0.3, 0.4) is 0 Å². The molecule has 0 saturated carbocycles. The maximum absolute atomic E-state index is 10.8. The monoisotopic (exact) mass is 1050 g/mol. The fraction of sp³-hybridized carbons (Fsp3) is 0.419. The molecule has 402 valence electrons. The molecular weight excluding hydrogens is 981 g/mol. The molecule has 4 heterocycles. The highest BCUT2D eigenvalue weighted by molar-refractivity contribution is 6.99. The Kier molecular flexibility index (Phi) is 17.7. The van der Waals surface area contributed by atoms with Gasteiger partial charge < -0.3 is 61.6 Å². The highest BCUT2D eigenvalue weighted by Gasteiger charge is 2.60. The van der Waals surface area contributed by atoms with Gasteiger partial charge in [-0.15, -0.1) is 0 Å². The summed E-state index contributed by atoms with van der Waals surface area (Å²) in [6.45, 7) is 11.4. The average molecular weight is 1050 g/mol. The molecule has 4 fully saturated rings. The van der Waals surface area contributed by atoms with E-state index in [1.54, 1.807) is 0 Å². The summed E-state index contributed by atoms with van der Waals surface area (Å²) < 4.78 is 82.6. The fourth-order valence-electron chi connectivity index (χ4n) is 10.9. The number of rotatable bonds is 23. The molecule has 0 spiro atoms. The van der Waals surface area contributed by atoms with Crippen LogP contribution in [0.15, 0.2) is 182 Å². The summed E-state index contributed by atoms with van der Waals surface area (Å²) in [5.74, 6) is -0.968. The van der Waals surface area contributed by atoms with Gasteiger partial charge in [0.2, 0.25) is 0 Å². The molecule has 1 N–H and O–H groups in total. The molecule has 10 rings (SSSR count). The first-order valence-electron chi connectivity index (χ1n) is 26.5. The summed E-state index contributed by atoms with van der Waals surface area (Å²) in [4.78, 5) is 0. The van der Waals surface area contributed by atoms with Gasteiger partial charge in [0.15, 0.2) is 24.7 Å². The van der Waals surface area contributed by atoms with Gasteiger partial charge in [-0.2, -0.15) is 0 Å². The van der Waals surface area contributed by atoms with E-state index in [2.05, 4.69) is 69.3 Å². The molecule has 12 atom stereocenters. The topological polar surface area (TPSA) is 131 Å². The van der Waals surface area contributed by atoms with Crippen molar-refractivity contribution in [2.75, 3.05) is 19.8 Å². The molecule has 0 aliphatic carbocycles. The number of aliphatic hydroxyl groups is 1. The lowest BCUT2D eigenvalue weighted by atomic mass is 10.1. The SMILES string of the molecule is CC1(C)O[C@@H]2O[C@H](CO)[C@@H](O[C@H]3O[C@H](CO[Si](c4ccccc4)(c4ccccc4)C(C)(C)C)[C@@H](OCc4ccccc4)[C@@H]3O[C@@H]3O[C@H](COCc4ccccc4)[C@@H](OCc4ccccc4)[C@@H]3OCc3ccccc3)[C@@H]2O1. The first-order chi connectivity index (χ1) is 37.0. The standard InChI is InChI=1S/C62H72O13Si/c1-61(2,3)76(47-32-20-10-21-33-47,48-34-22-11-23-35-48)68-42-51-53(66-39-45-28-16-8-17-29-45)56(59(71-51)72-54-49(36-63)69-60-57(54)74-62(4,5)75-60)73-58-55(67-40-46-30-18-9-19-31-46)52(65-38-44-26-14-7-15-27-44)50(70-58)41-64-37-43-24-12-6-13-25-43/h6-35,49-60,63H,36-42H2,1-5H3/t49-,50-,51-,52-,53-,54-,55+,56+,57+,58+,59-,60+/m1/s1. The van der Waals surface area contributed by atoms with Crippen LogP contribution in [0.1, 0.15) is 56.9 Å². The first kappa shape index (κ1) is 54.4. The number of aliphatic hydroxyl groups excluding tert-OH is 1.